The summed E-state index contributed by atoms with van der Waals surface area (Å²) in [5.41, 5.74) is 0.975. The summed E-state index contributed by atoms with van der Waals surface area (Å²) in [6.07, 6.45) is 6.75. The van der Waals surface area contributed by atoms with Crippen molar-refractivity contribution < 1.29 is 9.67 Å². The van der Waals surface area contributed by atoms with Gasteiger partial charge in [-0.2, -0.15) is 4.57 Å². The molecule has 0 radical (unpaired) electrons. The van der Waals surface area contributed by atoms with Gasteiger partial charge in [0.25, 0.3) is 4.74 Å². The molecule has 0 fully saturated rings. The molecule has 0 aliphatic carbocycles. The summed E-state index contributed by atoms with van der Waals surface area (Å²) in [6, 6.07) is 9.30. The third-order valence-electron chi connectivity index (χ3n) is 5.15. The molecule has 1 aliphatic heterocycles. The Morgan fingerprint density at radius 3 is 2.79 bits per heavy atom. The molecule has 0 bridgehead atoms. The van der Waals surface area contributed by atoms with Crippen LogP contribution in [0.25, 0.3) is 11.1 Å². The molecule has 2 heterocycles. The first kappa shape index (κ1) is 16.9. The number of benzene rings is 1. The fourth-order valence-electron chi connectivity index (χ4n) is 3.75. The van der Waals surface area contributed by atoms with Crippen LogP contribution in [0, 0.1) is 0 Å². The van der Waals surface area contributed by atoms with Gasteiger partial charge in [-0.1, -0.05) is 43.3 Å². The summed E-state index contributed by atoms with van der Waals surface area (Å²) < 4.78 is 1.75. The molecule has 1 aliphatic rings. The summed E-state index contributed by atoms with van der Waals surface area (Å²) in [5.74, 6) is -0.129. The van der Waals surface area contributed by atoms with Crippen molar-refractivity contribution in [2.24, 2.45) is 0 Å². The molecular formula is C20H23NO2S. The molecule has 0 saturated heterocycles. The van der Waals surface area contributed by atoms with E-state index in [1.54, 1.807) is 0 Å². The number of allylic oxidation sites excluding steroid dienone is 1. The van der Waals surface area contributed by atoms with Gasteiger partial charge in [0.2, 0.25) is 5.01 Å². The molecule has 1 atom stereocenters. The Hall–Kier alpha value is -1.94. The van der Waals surface area contributed by atoms with Gasteiger partial charge in [-0.25, -0.2) is 0 Å². The van der Waals surface area contributed by atoms with E-state index in [1.807, 2.05) is 41.0 Å². The molecule has 3 nitrogen and oxygen atoms in total. The van der Waals surface area contributed by atoms with Crippen LogP contribution >= 0.6 is 11.3 Å². The van der Waals surface area contributed by atoms with Crippen LogP contribution in [0.1, 0.15) is 44.0 Å². The molecule has 1 aromatic carbocycles. The average Bonchev–Trinajstić information content (AvgIpc) is 2.61. The lowest BCUT2D eigenvalue weighted by atomic mass is 9.75. The highest BCUT2D eigenvalue weighted by atomic mass is 32.1. The lowest BCUT2D eigenvalue weighted by Crippen LogP contribution is -2.52. The van der Waals surface area contributed by atoms with Crippen molar-refractivity contribution in [2.45, 2.75) is 51.0 Å². The minimum Gasteiger partial charge on any atom is -0.823 e. The maximum atomic E-state index is 13.1. The monoisotopic (exact) mass is 341 g/mol. The standard InChI is InChI=1S/C20H23NO2S/c1-3-5-12-20(4-2)13-9-14-21-17(22)16(18(23)24-19(20)21)15-10-7-6-8-11-15/h3,6-8,10-11H,1,4-5,9,12-14H2,2H3. The number of rotatable bonds is 5. The highest BCUT2D eigenvalue weighted by Gasteiger charge is 2.43. The zero-order valence-electron chi connectivity index (χ0n) is 14.1. The summed E-state index contributed by atoms with van der Waals surface area (Å²) in [7, 11) is 0. The van der Waals surface area contributed by atoms with Gasteiger partial charge in [-0.15, -0.1) is 6.58 Å². The normalized spacial score (nSPS) is 19.7. The molecule has 0 N–H and O–H groups in total. The first-order chi connectivity index (χ1) is 11.6. The smallest absolute Gasteiger partial charge is 0.251 e. The molecule has 2 aromatic rings. The minimum atomic E-state index is -0.129. The minimum absolute atomic E-state index is 0.0648. The second-order valence-corrected chi connectivity index (χ2v) is 7.42. The molecular weight excluding hydrogens is 318 g/mol. The Kier molecular flexibility index (Phi) is 4.86. The predicted octanol–water partition coefficient (Wildman–Crippen LogP) is 3.54. The van der Waals surface area contributed by atoms with E-state index in [-0.39, 0.29) is 16.0 Å². The fraction of sp³-hybridized carbons (Fsp3) is 0.400. The van der Waals surface area contributed by atoms with Crippen molar-refractivity contribution in [1.29, 1.82) is 0 Å². The van der Waals surface area contributed by atoms with Gasteiger partial charge in [-0.3, -0.25) is 4.79 Å². The second kappa shape index (κ2) is 6.89. The number of aromatic nitrogens is 1. The van der Waals surface area contributed by atoms with E-state index in [2.05, 4.69) is 13.5 Å². The molecule has 0 spiro atoms. The topological polar surface area (TPSA) is 44.0 Å². The van der Waals surface area contributed by atoms with E-state index in [4.69, 9.17) is 0 Å². The van der Waals surface area contributed by atoms with Crippen LogP contribution in [0.3, 0.4) is 0 Å². The predicted molar refractivity (Wildman–Crippen MR) is 96.3 cm³/mol. The lowest BCUT2D eigenvalue weighted by Gasteiger charge is -2.34. The van der Waals surface area contributed by atoms with Crippen LogP contribution in [0.5, 0.6) is 5.88 Å². The lowest BCUT2D eigenvalue weighted by molar-refractivity contribution is -0.746. The Morgan fingerprint density at radius 2 is 2.12 bits per heavy atom. The van der Waals surface area contributed by atoms with Crippen molar-refractivity contribution in [3.63, 3.8) is 0 Å². The van der Waals surface area contributed by atoms with Crippen LogP contribution in [0.15, 0.2) is 47.8 Å². The first-order valence-corrected chi connectivity index (χ1v) is 9.39. The van der Waals surface area contributed by atoms with Crippen molar-refractivity contribution >= 4 is 11.3 Å². The van der Waals surface area contributed by atoms with Gasteiger partial charge >= 0.3 is 0 Å². The third-order valence-corrected chi connectivity index (χ3v) is 6.39. The van der Waals surface area contributed by atoms with E-state index in [0.717, 1.165) is 42.7 Å². The summed E-state index contributed by atoms with van der Waals surface area (Å²) in [6.45, 7) is 6.70. The number of hydrogen-bond donors (Lipinski definition) is 0. The molecule has 1 unspecified atom stereocenters. The van der Waals surface area contributed by atoms with Gasteiger partial charge in [0.1, 0.15) is 6.54 Å². The highest BCUT2D eigenvalue weighted by molar-refractivity contribution is 7.09. The van der Waals surface area contributed by atoms with Crippen molar-refractivity contribution in [3.8, 4) is 17.0 Å². The quantitative estimate of drug-likeness (QED) is 0.617. The molecule has 4 heteroatoms. The maximum Gasteiger partial charge on any atom is 0.251 e. The van der Waals surface area contributed by atoms with E-state index in [9.17, 15) is 9.90 Å². The van der Waals surface area contributed by atoms with Crippen LogP contribution in [0.4, 0.5) is 0 Å². The second-order valence-electron chi connectivity index (χ2n) is 6.46. The van der Waals surface area contributed by atoms with E-state index < -0.39 is 0 Å². The Morgan fingerprint density at radius 1 is 1.38 bits per heavy atom. The van der Waals surface area contributed by atoms with Crippen molar-refractivity contribution in [2.75, 3.05) is 0 Å². The largest absolute Gasteiger partial charge is 0.823 e. The number of hydrogen-bond acceptors (Lipinski definition) is 3. The van der Waals surface area contributed by atoms with E-state index >= 15 is 0 Å². The van der Waals surface area contributed by atoms with Crippen molar-refractivity contribution in [1.82, 2.24) is 0 Å². The Balaban J connectivity index is 2.19. The Bertz CT molecular complexity index is 797. The van der Waals surface area contributed by atoms with Gasteiger partial charge in [0, 0.05) is 6.42 Å². The van der Waals surface area contributed by atoms with Gasteiger partial charge in [-0.05, 0) is 42.6 Å². The maximum absolute atomic E-state index is 13.1. The van der Waals surface area contributed by atoms with E-state index in [0.29, 0.717) is 12.1 Å². The van der Waals surface area contributed by atoms with Crippen LogP contribution in [-0.2, 0) is 12.0 Å². The zero-order chi connectivity index (χ0) is 17.2. The van der Waals surface area contributed by atoms with Crippen molar-refractivity contribution in [3.05, 3.63) is 57.5 Å². The highest BCUT2D eigenvalue weighted by Crippen LogP contribution is 2.41. The summed E-state index contributed by atoms with van der Waals surface area (Å²) >= 11 is 1.27. The zero-order valence-corrected chi connectivity index (χ0v) is 14.9. The number of nitrogens with zero attached hydrogens (tertiary/aromatic N) is 1. The van der Waals surface area contributed by atoms with Gasteiger partial charge < -0.3 is 5.11 Å². The molecule has 0 amide bonds. The average molecular weight is 341 g/mol. The van der Waals surface area contributed by atoms with Crippen LogP contribution in [-0.4, -0.2) is 0 Å². The van der Waals surface area contributed by atoms with Gasteiger partial charge in [0.05, 0.1) is 11.0 Å². The Labute approximate surface area is 146 Å². The summed E-state index contributed by atoms with van der Waals surface area (Å²) in [5, 5.41) is 14.0. The molecule has 0 saturated carbocycles. The third kappa shape index (κ3) is 2.80. The molecule has 126 valence electrons. The number of fused-ring (bicyclic) bond motifs is 1. The fourth-order valence-corrected chi connectivity index (χ4v) is 5.08. The molecule has 3 rings (SSSR count). The first-order valence-electron chi connectivity index (χ1n) is 8.57. The molecule has 1 aromatic heterocycles. The van der Waals surface area contributed by atoms with Crippen LogP contribution in [0.2, 0.25) is 0 Å². The SMILES string of the molecule is C=CCCC1(CC)CCC[n+]2c1sc(=O)c(-c1ccccc1)c2[O-]. The van der Waals surface area contributed by atoms with E-state index in [1.165, 1.54) is 11.3 Å². The summed E-state index contributed by atoms with van der Waals surface area (Å²) in [4.78, 5) is 12.8. The van der Waals surface area contributed by atoms with Crippen LogP contribution < -0.4 is 14.4 Å². The van der Waals surface area contributed by atoms with Gasteiger partial charge in [0.15, 0.2) is 5.88 Å². The molecule has 24 heavy (non-hydrogen) atoms.